The van der Waals surface area contributed by atoms with Gasteiger partial charge in [0, 0.05) is 35.3 Å². The van der Waals surface area contributed by atoms with Crippen LogP contribution in [0.5, 0.6) is 0 Å². The number of ketones is 1. The van der Waals surface area contributed by atoms with Crippen LogP contribution in [-0.2, 0) is 6.54 Å². The summed E-state index contributed by atoms with van der Waals surface area (Å²) in [4.78, 5) is 27.0. The third-order valence-electron chi connectivity index (χ3n) is 4.65. The minimum atomic E-state index is -0.119. The molecule has 128 valence electrons. The number of carbonyl (C=O) groups is 2. The molecule has 1 aliphatic rings. The van der Waals surface area contributed by atoms with Crippen molar-refractivity contribution in [1.29, 1.82) is 0 Å². The van der Waals surface area contributed by atoms with Crippen molar-refractivity contribution in [2.45, 2.75) is 6.54 Å². The molecule has 1 aliphatic carbocycles. The quantitative estimate of drug-likeness (QED) is 0.524. The summed E-state index contributed by atoms with van der Waals surface area (Å²) in [5.74, 6) is -0.142. The van der Waals surface area contributed by atoms with E-state index in [2.05, 4.69) is 0 Å². The van der Waals surface area contributed by atoms with Gasteiger partial charge in [0.05, 0.1) is 0 Å². The Morgan fingerprint density at radius 2 is 1.54 bits per heavy atom. The standard InChI is InChI=1S/C22H16ClNO2/c1-24(13-14-6-9-16(23)10-7-14)22(26)15-8-11-18-17-4-2-3-5-19(17)21(25)20(18)12-15/h2-12H,13H2,1H3. The van der Waals surface area contributed by atoms with Crippen LogP contribution in [-0.4, -0.2) is 23.6 Å². The van der Waals surface area contributed by atoms with Gasteiger partial charge >= 0.3 is 0 Å². The molecule has 0 aromatic heterocycles. The minimum absolute atomic E-state index is 0.0226. The molecule has 0 N–H and O–H groups in total. The third kappa shape index (κ3) is 2.80. The van der Waals surface area contributed by atoms with Gasteiger partial charge in [-0.15, -0.1) is 0 Å². The lowest BCUT2D eigenvalue weighted by Gasteiger charge is -2.18. The fourth-order valence-corrected chi connectivity index (χ4v) is 3.44. The molecule has 0 atom stereocenters. The monoisotopic (exact) mass is 361 g/mol. The van der Waals surface area contributed by atoms with Gasteiger partial charge in [0.1, 0.15) is 0 Å². The van der Waals surface area contributed by atoms with Crippen molar-refractivity contribution >= 4 is 23.3 Å². The van der Waals surface area contributed by atoms with Gasteiger partial charge in [-0.1, -0.05) is 54.1 Å². The zero-order valence-corrected chi connectivity index (χ0v) is 15.0. The highest BCUT2D eigenvalue weighted by atomic mass is 35.5. The normalized spacial score (nSPS) is 11.8. The van der Waals surface area contributed by atoms with E-state index >= 15 is 0 Å². The van der Waals surface area contributed by atoms with E-state index in [-0.39, 0.29) is 11.7 Å². The number of hydrogen-bond acceptors (Lipinski definition) is 2. The molecule has 0 aliphatic heterocycles. The Balaban J connectivity index is 1.60. The summed E-state index contributed by atoms with van der Waals surface area (Å²) in [6.45, 7) is 0.473. The predicted molar refractivity (Wildman–Crippen MR) is 103 cm³/mol. The number of hydrogen-bond donors (Lipinski definition) is 0. The van der Waals surface area contributed by atoms with Crippen LogP contribution >= 0.6 is 11.6 Å². The molecule has 4 rings (SSSR count). The number of carbonyl (C=O) groups excluding carboxylic acids is 2. The zero-order valence-electron chi connectivity index (χ0n) is 14.2. The second kappa shape index (κ2) is 6.43. The molecule has 4 heteroatoms. The second-order valence-electron chi connectivity index (χ2n) is 6.42. The van der Waals surface area contributed by atoms with Crippen molar-refractivity contribution in [3.8, 4) is 11.1 Å². The highest BCUT2D eigenvalue weighted by Gasteiger charge is 2.27. The molecule has 3 aromatic rings. The summed E-state index contributed by atoms with van der Waals surface area (Å²) in [7, 11) is 1.75. The van der Waals surface area contributed by atoms with Crippen LogP contribution in [0.25, 0.3) is 11.1 Å². The van der Waals surface area contributed by atoms with Crippen molar-refractivity contribution in [2.75, 3.05) is 7.05 Å². The van der Waals surface area contributed by atoms with Gasteiger partial charge in [-0.05, 0) is 41.0 Å². The van der Waals surface area contributed by atoms with E-state index in [0.29, 0.717) is 28.3 Å². The van der Waals surface area contributed by atoms with E-state index in [4.69, 9.17) is 11.6 Å². The summed E-state index contributed by atoms with van der Waals surface area (Å²) < 4.78 is 0. The maximum atomic E-state index is 12.8. The summed E-state index contributed by atoms with van der Waals surface area (Å²) in [6.07, 6.45) is 0. The summed E-state index contributed by atoms with van der Waals surface area (Å²) in [6, 6.07) is 20.3. The van der Waals surface area contributed by atoms with Crippen molar-refractivity contribution in [3.63, 3.8) is 0 Å². The zero-order chi connectivity index (χ0) is 18.3. The molecule has 3 nitrogen and oxygen atoms in total. The molecular formula is C22H16ClNO2. The Bertz CT molecular complexity index is 1020. The van der Waals surface area contributed by atoms with Gasteiger partial charge < -0.3 is 4.90 Å². The van der Waals surface area contributed by atoms with Gasteiger partial charge in [-0.2, -0.15) is 0 Å². The lowest BCUT2D eigenvalue weighted by molar-refractivity contribution is 0.0785. The highest BCUT2D eigenvalue weighted by Crippen LogP contribution is 2.36. The summed E-state index contributed by atoms with van der Waals surface area (Å²) in [5.41, 5.74) is 4.62. The Morgan fingerprint density at radius 3 is 2.27 bits per heavy atom. The summed E-state index contributed by atoms with van der Waals surface area (Å²) >= 11 is 5.90. The highest BCUT2D eigenvalue weighted by molar-refractivity contribution is 6.30. The Kier molecular flexibility index (Phi) is 4.09. The van der Waals surface area contributed by atoms with Gasteiger partial charge in [0.15, 0.2) is 5.78 Å². The van der Waals surface area contributed by atoms with Crippen LogP contribution in [0.2, 0.25) is 5.02 Å². The maximum absolute atomic E-state index is 12.8. The van der Waals surface area contributed by atoms with E-state index in [1.54, 1.807) is 36.2 Å². The Hall–Kier alpha value is -2.91. The molecule has 0 fully saturated rings. The van der Waals surface area contributed by atoms with Crippen molar-refractivity contribution in [2.24, 2.45) is 0 Å². The molecule has 0 saturated heterocycles. The van der Waals surface area contributed by atoms with E-state index in [1.165, 1.54) is 0 Å². The van der Waals surface area contributed by atoms with E-state index in [1.807, 2.05) is 42.5 Å². The molecule has 26 heavy (non-hydrogen) atoms. The number of amides is 1. The topological polar surface area (TPSA) is 37.4 Å². The van der Waals surface area contributed by atoms with Crippen LogP contribution in [0.4, 0.5) is 0 Å². The molecule has 0 radical (unpaired) electrons. The molecule has 0 saturated carbocycles. The Labute approximate surface area is 156 Å². The van der Waals surface area contributed by atoms with Crippen LogP contribution in [0.1, 0.15) is 31.8 Å². The molecule has 0 heterocycles. The fourth-order valence-electron chi connectivity index (χ4n) is 3.32. The summed E-state index contributed by atoms with van der Waals surface area (Å²) in [5, 5.41) is 0.666. The van der Waals surface area contributed by atoms with E-state index in [9.17, 15) is 9.59 Å². The minimum Gasteiger partial charge on any atom is -0.337 e. The Morgan fingerprint density at radius 1 is 0.885 bits per heavy atom. The number of rotatable bonds is 3. The predicted octanol–water partition coefficient (Wildman–Crippen LogP) is 4.82. The van der Waals surface area contributed by atoms with Gasteiger partial charge in [0.2, 0.25) is 0 Å². The average Bonchev–Trinajstić information content (AvgIpc) is 2.95. The van der Waals surface area contributed by atoms with Crippen LogP contribution in [0.15, 0.2) is 66.7 Å². The number of halogens is 1. The van der Waals surface area contributed by atoms with Crippen molar-refractivity contribution in [1.82, 2.24) is 4.90 Å². The maximum Gasteiger partial charge on any atom is 0.253 e. The average molecular weight is 362 g/mol. The molecule has 0 unspecified atom stereocenters. The first-order chi connectivity index (χ1) is 12.5. The van der Waals surface area contributed by atoms with Crippen molar-refractivity contribution < 1.29 is 9.59 Å². The molecular weight excluding hydrogens is 346 g/mol. The lowest BCUT2D eigenvalue weighted by Crippen LogP contribution is -2.26. The lowest BCUT2D eigenvalue weighted by atomic mass is 10.0. The first-order valence-corrected chi connectivity index (χ1v) is 8.70. The largest absolute Gasteiger partial charge is 0.337 e. The van der Waals surface area contributed by atoms with Gasteiger partial charge in [-0.3, -0.25) is 9.59 Å². The van der Waals surface area contributed by atoms with Crippen LogP contribution < -0.4 is 0 Å². The number of nitrogens with zero attached hydrogens (tertiary/aromatic N) is 1. The first kappa shape index (κ1) is 16.6. The van der Waals surface area contributed by atoms with Crippen molar-refractivity contribution in [3.05, 3.63) is 94.0 Å². The first-order valence-electron chi connectivity index (χ1n) is 8.32. The molecule has 3 aromatic carbocycles. The second-order valence-corrected chi connectivity index (χ2v) is 6.86. The fraction of sp³-hybridized carbons (Fsp3) is 0.0909. The molecule has 1 amide bonds. The molecule has 0 spiro atoms. The SMILES string of the molecule is CN(Cc1ccc(Cl)cc1)C(=O)c1ccc2c(c1)C(=O)c1ccccc1-2. The number of benzene rings is 3. The van der Waals surface area contributed by atoms with E-state index in [0.717, 1.165) is 16.7 Å². The van der Waals surface area contributed by atoms with Gasteiger partial charge in [-0.25, -0.2) is 0 Å². The smallest absolute Gasteiger partial charge is 0.253 e. The van der Waals surface area contributed by atoms with Gasteiger partial charge in [0.25, 0.3) is 5.91 Å². The van der Waals surface area contributed by atoms with E-state index < -0.39 is 0 Å². The molecule has 0 bridgehead atoms. The third-order valence-corrected chi connectivity index (χ3v) is 4.90. The number of fused-ring (bicyclic) bond motifs is 3. The van der Waals surface area contributed by atoms with Crippen LogP contribution in [0, 0.1) is 0 Å². The van der Waals surface area contributed by atoms with Crippen LogP contribution in [0.3, 0.4) is 0 Å².